The fourth-order valence-electron chi connectivity index (χ4n) is 1.52. The van der Waals surface area contributed by atoms with Crippen LogP contribution in [0.1, 0.15) is 25.8 Å². The summed E-state index contributed by atoms with van der Waals surface area (Å²) in [6.07, 6.45) is 2.02. The fourth-order valence-corrected chi connectivity index (χ4v) is 1.74. The van der Waals surface area contributed by atoms with Gasteiger partial charge in [-0.2, -0.15) is 0 Å². The topological polar surface area (TPSA) is 33.3 Å². The van der Waals surface area contributed by atoms with Gasteiger partial charge in [-0.05, 0) is 49.7 Å². The SMILES string of the molecule is CCOCCCNC(=S)Nc1ccc(CC)cc1. The van der Waals surface area contributed by atoms with Crippen LogP contribution in [0.25, 0.3) is 0 Å². The van der Waals surface area contributed by atoms with Crippen LogP contribution in [-0.4, -0.2) is 24.9 Å². The van der Waals surface area contributed by atoms with Crippen LogP contribution in [0.15, 0.2) is 24.3 Å². The number of ether oxygens (including phenoxy) is 1. The molecule has 18 heavy (non-hydrogen) atoms. The number of thiocarbonyl (C=S) groups is 1. The molecule has 100 valence electrons. The van der Waals surface area contributed by atoms with Gasteiger partial charge in [0.25, 0.3) is 0 Å². The molecule has 0 bridgehead atoms. The summed E-state index contributed by atoms with van der Waals surface area (Å²) in [6.45, 7) is 6.52. The first-order chi connectivity index (χ1) is 8.76. The van der Waals surface area contributed by atoms with Crippen LogP contribution in [0, 0.1) is 0 Å². The molecule has 0 aliphatic carbocycles. The van der Waals surface area contributed by atoms with Crippen molar-refractivity contribution < 1.29 is 4.74 Å². The summed E-state index contributed by atoms with van der Waals surface area (Å²) in [7, 11) is 0. The Balaban J connectivity index is 2.22. The zero-order valence-corrected chi connectivity index (χ0v) is 12.0. The molecular formula is C14H22N2OS. The maximum absolute atomic E-state index is 5.26. The minimum Gasteiger partial charge on any atom is -0.382 e. The van der Waals surface area contributed by atoms with Gasteiger partial charge in [0.05, 0.1) is 0 Å². The number of nitrogens with one attached hydrogen (secondary N) is 2. The highest BCUT2D eigenvalue weighted by Gasteiger charge is 1.97. The van der Waals surface area contributed by atoms with E-state index in [1.807, 2.05) is 19.1 Å². The molecule has 4 heteroatoms. The minimum absolute atomic E-state index is 0.663. The largest absolute Gasteiger partial charge is 0.382 e. The van der Waals surface area contributed by atoms with Crippen molar-refractivity contribution in [2.45, 2.75) is 26.7 Å². The highest BCUT2D eigenvalue weighted by atomic mass is 32.1. The number of aryl methyl sites for hydroxylation is 1. The van der Waals surface area contributed by atoms with Gasteiger partial charge in [-0.1, -0.05) is 19.1 Å². The molecular weight excluding hydrogens is 244 g/mol. The summed E-state index contributed by atoms with van der Waals surface area (Å²) in [5.41, 5.74) is 2.35. The van der Waals surface area contributed by atoms with Gasteiger partial charge >= 0.3 is 0 Å². The lowest BCUT2D eigenvalue weighted by molar-refractivity contribution is 0.146. The Morgan fingerprint density at radius 3 is 2.56 bits per heavy atom. The Morgan fingerprint density at radius 2 is 1.94 bits per heavy atom. The van der Waals surface area contributed by atoms with Crippen molar-refractivity contribution in [3.63, 3.8) is 0 Å². The van der Waals surface area contributed by atoms with Crippen molar-refractivity contribution in [3.05, 3.63) is 29.8 Å². The predicted molar refractivity (Wildman–Crippen MR) is 81.2 cm³/mol. The number of hydrogen-bond acceptors (Lipinski definition) is 2. The third kappa shape index (κ3) is 5.98. The fraction of sp³-hybridized carbons (Fsp3) is 0.500. The third-order valence-corrected chi connectivity index (χ3v) is 2.82. The van der Waals surface area contributed by atoms with Crippen LogP contribution in [0.3, 0.4) is 0 Å². The monoisotopic (exact) mass is 266 g/mol. The molecule has 0 radical (unpaired) electrons. The molecule has 1 aromatic rings. The van der Waals surface area contributed by atoms with E-state index in [1.54, 1.807) is 0 Å². The van der Waals surface area contributed by atoms with Crippen molar-refractivity contribution >= 4 is 23.0 Å². The van der Waals surface area contributed by atoms with Gasteiger partial charge in [-0.3, -0.25) is 0 Å². The Bertz CT molecular complexity index is 351. The average Bonchev–Trinajstić information content (AvgIpc) is 2.39. The summed E-state index contributed by atoms with van der Waals surface area (Å²) in [5.74, 6) is 0. The molecule has 0 spiro atoms. The molecule has 0 heterocycles. The first kappa shape index (κ1) is 14.9. The van der Waals surface area contributed by atoms with E-state index >= 15 is 0 Å². The summed E-state index contributed by atoms with van der Waals surface area (Å²) in [5, 5.41) is 6.99. The Hall–Kier alpha value is -1.13. The molecule has 3 nitrogen and oxygen atoms in total. The van der Waals surface area contributed by atoms with E-state index in [4.69, 9.17) is 17.0 Å². The molecule has 0 fully saturated rings. The van der Waals surface area contributed by atoms with Gasteiger partial charge in [-0.15, -0.1) is 0 Å². The smallest absolute Gasteiger partial charge is 0.170 e. The molecule has 0 atom stereocenters. The van der Waals surface area contributed by atoms with Gasteiger partial charge in [-0.25, -0.2) is 0 Å². The molecule has 1 rings (SSSR count). The number of rotatable bonds is 7. The Labute approximate surface area is 115 Å². The van der Waals surface area contributed by atoms with Gasteiger partial charge < -0.3 is 15.4 Å². The number of anilines is 1. The maximum atomic E-state index is 5.26. The second-order valence-electron chi connectivity index (χ2n) is 3.98. The van der Waals surface area contributed by atoms with Crippen LogP contribution in [0.5, 0.6) is 0 Å². The third-order valence-electron chi connectivity index (χ3n) is 2.58. The summed E-state index contributed by atoms with van der Waals surface area (Å²) < 4.78 is 5.26. The number of hydrogen-bond donors (Lipinski definition) is 2. The van der Waals surface area contributed by atoms with Crippen molar-refractivity contribution in [2.75, 3.05) is 25.1 Å². The van der Waals surface area contributed by atoms with Gasteiger partial charge in [0.15, 0.2) is 5.11 Å². The Kier molecular flexibility index (Phi) is 7.37. The average molecular weight is 266 g/mol. The lowest BCUT2D eigenvalue weighted by atomic mass is 10.1. The van der Waals surface area contributed by atoms with E-state index in [0.29, 0.717) is 5.11 Å². The summed E-state index contributed by atoms with van der Waals surface area (Å²) >= 11 is 5.21. The van der Waals surface area contributed by atoms with E-state index < -0.39 is 0 Å². The normalized spacial score (nSPS) is 10.1. The van der Waals surface area contributed by atoms with Crippen LogP contribution < -0.4 is 10.6 Å². The van der Waals surface area contributed by atoms with Crippen molar-refractivity contribution in [3.8, 4) is 0 Å². The zero-order chi connectivity index (χ0) is 13.2. The van der Waals surface area contributed by atoms with E-state index in [1.165, 1.54) is 5.56 Å². The molecule has 0 aliphatic rings. The molecule has 1 aromatic carbocycles. The van der Waals surface area contributed by atoms with Crippen LogP contribution in [-0.2, 0) is 11.2 Å². The van der Waals surface area contributed by atoms with Crippen LogP contribution in [0.4, 0.5) is 5.69 Å². The number of benzene rings is 1. The highest BCUT2D eigenvalue weighted by molar-refractivity contribution is 7.80. The Morgan fingerprint density at radius 1 is 1.22 bits per heavy atom. The van der Waals surface area contributed by atoms with Crippen molar-refractivity contribution in [1.82, 2.24) is 5.32 Å². The summed E-state index contributed by atoms with van der Waals surface area (Å²) in [4.78, 5) is 0. The van der Waals surface area contributed by atoms with Crippen LogP contribution >= 0.6 is 12.2 Å². The molecule has 2 N–H and O–H groups in total. The van der Waals surface area contributed by atoms with E-state index in [9.17, 15) is 0 Å². The second-order valence-corrected chi connectivity index (χ2v) is 4.39. The second kappa shape index (κ2) is 8.89. The lowest BCUT2D eigenvalue weighted by Gasteiger charge is -2.10. The molecule has 0 aromatic heterocycles. The maximum Gasteiger partial charge on any atom is 0.170 e. The van der Waals surface area contributed by atoms with Gasteiger partial charge in [0, 0.05) is 25.4 Å². The van der Waals surface area contributed by atoms with E-state index in [0.717, 1.165) is 38.3 Å². The predicted octanol–water partition coefficient (Wildman–Crippen LogP) is 2.96. The van der Waals surface area contributed by atoms with Crippen molar-refractivity contribution in [2.24, 2.45) is 0 Å². The van der Waals surface area contributed by atoms with E-state index in [2.05, 4.69) is 29.7 Å². The molecule has 0 saturated heterocycles. The minimum atomic E-state index is 0.663. The van der Waals surface area contributed by atoms with Gasteiger partial charge in [0.1, 0.15) is 0 Å². The first-order valence-electron chi connectivity index (χ1n) is 6.47. The van der Waals surface area contributed by atoms with Crippen molar-refractivity contribution in [1.29, 1.82) is 0 Å². The molecule has 0 saturated carbocycles. The summed E-state index contributed by atoms with van der Waals surface area (Å²) in [6, 6.07) is 8.32. The highest BCUT2D eigenvalue weighted by Crippen LogP contribution is 2.09. The standard InChI is InChI=1S/C14H22N2OS/c1-3-12-6-8-13(9-7-12)16-14(18)15-10-5-11-17-4-2/h6-9H,3-5,10-11H2,1-2H3,(H2,15,16,18). The van der Waals surface area contributed by atoms with E-state index in [-0.39, 0.29) is 0 Å². The molecule has 0 aliphatic heterocycles. The first-order valence-corrected chi connectivity index (χ1v) is 6.88. The quantitative estimate of drug-likeness (QED) is 0.587. The molecule has 0 unspecified atom stereocenters. The zero-order valence-electron chi connectivity index (χ0n) is 11.2. The lowest BCUT2D eigenvalue weighted by Crippen LogP contribution is -2.29. The van der Waals surface area contributed by atoms with Gasteiger partial charge in [0.2, 0.25) is 0 Å². The molecule has 0 amide bonds. The van der Waals surface area contributed by atoms with Crippen LogP contribution in [0.2, 0.25) is 0 Å².